The number of carbonyl (C=O) groups excluding carboxylic acids is 1. The van der Waals surface area contributed by atoms with Gasteiger partial charge in [0.05, 0.1) is 0 Å². The first-order chi connectivity index (χ1) is 9.22. The summed E-state index contributed by atoms with van der Waals surface area (Å²) < 4.78 is 0. The highest BCUT2D eigenvalue weighted by Gasteiger charge is 2.29. The molecule has 1 aliphatic rings. The quantitative estimate of drug-likeness (QED) is 0.640. The van der Waals surface area contributed by atoms with Crippen LogP contribution in [0.25, 0.3) is 6.08 Å². The second-order valence-corrected chi connectivity index (χ2v) is 4.41. The summed E-state index contributed by atoms with van der Waals surface area (Å²) in [7, 11) is 0. The molecule has 0 saturated carbocycles. The topological polar surface area (TPSA) is 58.4 Å². The van der Waals surface area contributed by atoms with E-state index in [2.05, 4.69) is 5.32 Å². The van der Waals surface area contributed by atoms with Crippen molar-refractivity contribution >= 4 is 29.3 Å². The van der Waals surface area contributed by atoms with Crippen LogP contribution in [0.3, 0.4) is 0 Å². The van der Waals surface area contributed by atoms with Gasteiger partial charge in [0, 0.05) is 13.1 Å². The van der Waals surface area contributed by atoms with Crippen LogP contribution < -0.4 is 11.1 Å². The molecule has 0 spiro atoms. The van der Waals surface area contributed by atoms with Crippen LogP contribution in [-0.2, 0) is 4.79 Å². The largest absolute Gasteiger partial charge is 0.329 e. The van der Waals surface area contributed by atoms with Crippen LogP contribution in [0.1, 0.15) is 5.56 Å². The molecule has 1 aromatic rings. The van der Waals surface area contributed by atoms with Crippen molar-refractivity contribution in [2.24, 2.45) is 5.73 Å². The van der Waals surface area contributed by atoms with E-state index in [1.807, 2.05) is 42.5 Å². The molecule has 5 heteroatoms. The number of rotatable bonds is 4. The lowest BCUT2D eigenvalue weighted by atomic mass is 10.2. The summed E-state index contributed by atoms with van der Waals surface area (Å²) in [5, 5.41) is 3.30. The molecule has 3 N–H and O–H groups in total. The molecule has 0 unspecified atom stereocenters. The van der Waals surface area contributed by atoms with Gasteiger partial charge in [-0.15, -0.1) is 0 Å². The van der Waals surface area contributed by atoms with Gasteiger partial charge in [-0.25, -0.2) is 0 Å². The molecule has 0 aliphatic carbocycles. The molecule has 4 nitrogen and oxygen atoms in total. The highest BCUT2D eigenvalue weighted by Crippen LogP contribution is 2.10. The molecule has 1 aromatic carbocycles. The number of nitrogens with one attached hydrogen (secondary N) is 1. The van der Waals surface area contributed by atoms with Crippen LogP contribution in [0.2, 0.25) is 0 Å². The van der Waals surface area contributed by atoms with E-state index in [9.17, 15) is 4.79 Å². The summed E-state index contributed by atoms with van der Waals surface area (Å²) >= 11 is 5.08. The zero-order valence-electron chi connectivity index (χ0n) is 10.4. The molecule has 98 valence electrons. The number of carbonyl (C=O) groups is 1. The summed E-state index contributed by atoms with van der Waals surface area (Å²) in [6, 6.07) is 9.86. The summed E-state index contributed by atoms with van der Waals surface area (Å²) in [5.41, 5.74) is 6.99. The minimum absolute atomic E-state index is 0.131. The summed E-state index contributed by atoms with van der Waals surface area (Å²) in [6.07, 6.45) is 5.47. The van der Waals surface area contributed by atoms with Crippen molar-refractivity contribution in [2.45, 2.75) is 0 Å². The first-order valence-electron chi connectivity index (χ1n) is 5.98. The number of nitrogens with zero attached hydrogens (tertiary/aromatic N) is 1. The second-order valence-electron chi connectivity index (χ2n) is 4.03. The van der Waals surface area contributed by atoms with E-state index in [0.29, 0.717) is 23.9 Å². The fourth-order valence-corrected chi connectivity index (χ4v) is 2.02. The van der Waals surface area contributed by atoms with Crippen molar-refractivity contribution in [1.82, 2.24) is 10.2 Å². The van der Waals surface area contributed by atoms with Crippen LogP contribution in [0, 0.1) is 0 Å². The summed E-state index contributed by atoms with van der Waals surface area (Å²) in [4.78, 5) is 13.4. The van der Waals surface area contributed by atoms with E-state index in [1.54, 1.807) is 6.08 Å². The van der Waals surface area contributed by atoms with E-state index >= 15 is 0 Å². The highest BCUT2D eigenvalue weighted by molar-refractivity contribution is 7.80. The summed E-state index contributed by atoms with van der Waals surface area (Å²) in [5.74, 6) is -0.131. The first-order valence-corrected chi connectivity index (χ1v) is 6.39. The lowest BCUT2D eigenvalue weighted by molar-refractivity contribution is -0.122. The van der Waals surface area contributed by atoms with Crippen molar-refractivity contribution in [3.63, 3.8) is 0 Å². The molecule has 1 aliphatic heterocycles. The van der Waals surface area contributed by atoms with Crippen molar-refractivity contribution < 1.29 is 4.79 Å². The maximum atomic E-state index is 12.0. The lowest BCUT2D eigenvalue weighted by Crippen LogP contribution is -2.35. The molecule has 1 saturated heterocycles. The second kappa shape index (κ2) is 6.26. The SMILES string of the molecule is NCCN1C(=O)/C(=C/C=C/c2ccccc2)NC1=S. The van der Waals surface area contributed by atoms with Gasteiger partial charge in [0.2, 0.25) is 0 Å². The van der Waals surface area contributed by atoms with Crippen LogP contribution in [0.4, 0.5) is 0 Å². The average Bonchev–Trinajstić information content (AvgIpc) is 2.68. The van der Waals surface area contributed by atoms with Crippen molar-refractivity contribution in [2.75, 3.05) is 13.1 Å². The molecule has 0 atom stereocenters. The number of hydrogen-bond acceptors (Lipinski definition) is 3. The first kappa shape index (κ1) is 13.5. The molecular weight excluding hydrogens is 258 g/mol. The van der Waals surface area contributed by atoms with Gasteiger partial charge >= 0.3 is 0 Å². The standard InChI is InChI=1S/C14H15N3OS/c15-9-10-17-13(18)12(16-14(17)19)8-4-7-11-5-2-1-3-6-11/h1-8H,9-10,15H2,(H,16,19)/b7-4+,12-8-. The zero-order valence-corrected chi connectivity index (χ0v) is 11.2. The van der Waals surface area contributed by atoms with E-state index in [1.165, 1.54) is 4.90 Å². The number of benzene rings is 1. The van der Waals surface area contributed by atoms with Crippen LogP contribution >= 0.6 is 12.2 Å². The van der Waals surface area contributed by atoms with Gasteiger partial charge < -0.3 is 11.1 Å². The molecule has 19 heavy (non-hydrogen) atoms. The average molecular weight is 273 g/mol. The molecule has 0 bridgehead atoms. The minimum Gasteiger partial charge on any atom is -0.329 e. The maximum Gasteiger partial charge on any atom is 0.276 e. The maximum absolute atomic E-state index is 12.0. The molecule has 2 rings (SSSR count). The third-order valence-corrected chi connectivity index (χ3v) is 2.99. The predicted molar refractivity (Wildman–Crippen MR) is 80.1 cm³/mol. The van der Waals surface area contributed by atoms with Crippen LogP contribution in [0.15, 0.2) is 48.2 Å². The Morgan fingerprint density at radius 3 is 2.74 bits per heavy atom. The Kier molecular flexibility index (Phi) is 4.43. The molecule has 0 aromatic heterocycles. The van der Waals surface area contributed by atoms with Gasteiger partial charge in [-0.05, 0) is 23.9 Å². The fraction of sp³-hybridized carbons (Fsp3) is 0.143. The Morgan fingerprint density at radius 1 is 1.32 bits per heavy atom. The number of allylic oxidation sites excluding steroid dienone is 2. The molecule has 1 heterocycles. The van der Waals surface area contributed by atoms with Crippen molar-refractivity contribution in [3.05, 3.63) is 53.7 Å². The molecule has 1 amide bonds. The zero-order chi connectivity index (χ0) is 13.7. The Morgan fingerprint density at radius 2 is 2.05 bits per heavy atom. The highest BCUT2D eigenvalue weighted by atomic mass is 32.1. The molecule has 1 fully saturated rings. The van der Waals surface area contributed by atoms with E-state index in [-0.39, 0.29) is 5.91 Å². The van der Waals surface area contributed by atoms with Gasteiger partial charge in [0.15, 0.2) is 5.11 Å². The van der Waals surface area contributed by atoms with Crippen LogP contribution in [-0.4, -0.2) is 29.0 Å². The fourth-order valence-electron chi connectivity index (χ4n) is 1.74. The Balaban J connectivity index is 2.07. The minimum atomic E-state index is -0.131. The lowest BCUT2D eigenvalue weighted by Gasteiger charge is -2.11. The third-order valence-electron chi connectivity index (χ3n) is 2.67. The van der Waals surface area contributed by atoms with E-state index < -0.39 is 0 Å². The summed E-state index contributed by atoms with van der Waals surface area (Å²) in [6.45, 7) is 0.825. The Hall–Kier alpha value is -1.98. The van der Waals surface area contributed by atoms with Crippen molar-refractivity contribution in [1.29, 1.82) is 0 Å². The van der Waals surface area contributed by atoms with Gasteiger partial charge in [0.25, 0.3) is 5.91 Å². The van der Waals surface area contributed by atoms with Gasteiger partial charge in [-0.2, -0.15) is 0 Å². The number of nitrogens with two attached hydrogens (primary N) is 1. The van der Waals surface area contributed by atoms with Crippen molar-refractivity contribution in [3.8, 4) is 0 Å². The monoisotopic (exact) mass is 273 g/mol. The van der Waals surface area contributed by atoms with E-state index in [4.69, 9.17) is 18.0 Å². The Labute approximate surface area is 117 Å². The normalized spacial score (nSPS) is 17.5. The van der Waals surface area contributed by atoms with Crippen LogP contribution in [0.5, 0.6) is 0 Å². The molecular formula is C14H15N3OS. The third kappa shape index (κ3) is 3.27. The number of thiocarbonyl (C=S) groups is 1. The van der Waals surface area contributed by atoms with Gasteiger partial charge in [-0.1, -0.05) is 42.5 Å². The number of amides is 1. The predicted octanol–water partition coefficient (Wildman–Crippen LogP) is 1.26. The van der Waals surface area contributed by atoms with E-state index in [0.717, 1.165) is 5.56 Å². The number of hydrogen-bond donors (Lipinski definition) is 2. The van der Waals surface area contributed by atoms with Gasteiger partial charge in [0.1, 0.15) is 5.70 Å². The smallest absolute Gasteiger partial charge is 0.276 e. The molecule has 0 radical (unpaired) electrons. The Bertz CT molecular complexity index is 537. The van der Waals surface area contributed by atoms with Gasteiger partial charge in [-0.3, -0.25) is 9.69 Å².